The van der Waals surface area contributed by atoms with E-state index in [1.807, 2.05) is 0 Å². The van der Waals surface area contributed by atoms with Crippen LogP contribution in [-0.4, -0.2) is 22.2 Å². The molecule has 0 radical (unpaired) electrons. The number of rotatable bonds is 2. The van der Waals surface area contributed by atoms with Gasteiger partial charge in [0.15, 0.2) is 0 Å². The van der Waals surface area contributed by atoms with Gasteiger partial charge in [-0.3, -0.25) is 14.9 Å². The minimum Gasteiger partial charge on any atom is -0.311 e. The molecule has 0 aromatic heterocycles. The van der Waals surface area contributed by atoms with E-state index in [9.17, 15) is 14.9 Å². The normalized spacial score (nSPS) is 19.8. The molecule has 1 saturated heterocycles. The van der Waals surface area contributed by atoms with Crippen LogP contribution in [0.2, 0.25) is 0 Å². The maximum Gasteiger partial charge on any atom is 0.274 e. The Morgan fingerprint density at radius 3 is 2.76 bits per heavy atom. The minimum atomic E-state index is -0.426. The summed E-state index contributed by atoms with van der Waals surface area (Å²) in [6.07, 6.45) is 0.723. The number of anilines is 1. The molecule has 17 heavy (non-hydrogen) atoms. The zero-order valence-corrected chi connectivity index (χ0v) is 10.8. The first-order valence-electron chi connectivity index (χ1n) is 5.22. The average Bonchev–Trinajstić information content (AvgIpc) is 2.60. The highest BCUT2D eigenvalue weighted by Gasteiger charge is 2.32. The SMILES string of the molecule is Cc1c(N2CCC(Br)C2=O)cccc1[N+](=O)[O-]. The van der Waals surface area contributed by atoms with Crippen molar-refractivity contribution in [3.8, 4) is 0 Å². The van der Waals surface area contributed by atoms with Gasteiger partial charge in [-0.1, -0.05) is 22.0 Å². The van der Waals surface area contributed by atoms with Gasteiger partial charge in [0.25, 0.3) is 5.69 Å². The van der Waals surface area contributed by atoms with Crippen LogP contribution in [0.1, 0.15) is 12.0 Å². The van der Waals surface area contributed by atoms with Gasteiger partial charge in [0.05, 0.1) is 21.0 Å². The first kappa shape index (κ1) is 12.0. The molecule has 0 spiro atoms. The molecule has 1 aromatic carbocycles. The summed E-state index contributed by atoms with van der Waals surface area (Å²) in [4.78, 5) is 23.7. The zero-order chi connectivity index (χ0) is 12.6. The number of hydrogen-bond acceptors (Lipinski definition) is 3. The van der Waals surface area contributed by atoms with Crippen molar-refractivity contribution in [3.63, 3.8) is 0 Å². The number of carbonyl (C=O) groups is 1. The van der Waals surface area contributed by atoms with Gasteiger partial charge in [-0.25, -0.2) is 0 Å². The van der Waals surface area contributed by atoms with Gasteiger partial charge in [0.1, 0.15) is 0 Å². The zero-order valence-electron chi connectivity index (χ0n) is 9.22. The van der Waals surface area contributed by atoms with E-state index in [0.717, 1.165) is 6.42 Å². The quantitative estimate of drug-likeness (QED) is 0.478. The predicted molar refractivity (Wildman–Crippen MR) is 67.5 cm³/mol. The molecule has 1 aromatic rings. The number of nitrogens with zero attached hydrogens (tertiary/aromatic N) is 2. The first-order valence-corrected chi connectivity index (χ1v) is 6.13. The van der Waals surface area contributed by atoms with Crippen molar-refractivity contribution < 1.29 is 9.72 Å². The number of amides is 1. The lowest BCUT2D eigenvalue weighted by molar-refractivity contribution is -0.385. The summed E-state index contributed by atoms with van der Waals surface area (Å²) in [5.74, 6) is -0.0337. The van der Waals surface area contributed by atoms with E-state index in [1.54, 1.807) is 24.0 Å². The molecule has 1 aliphatic rings. The maximum absolute atomic E-state index is 11.8. The van der Waals surface area contributed by atoms with Crippen LogP contribution in [0.5, 0.6) is 0 Å². The molecular weight excluding hydrogens is 288 g/mol. The van der Waals surface area contributed by atoms with Gasteiger partial charge in [0.2, 0.25) is 5.91 Å². The Morgan fingerprint density at radius 1 is 1.53 bits per heavy atom. The summed E-state index contributed by atoms with van der Waals surface area (Å²) in [7, 11) is 0. The van der Waals surface area contributed by atoms with E-state index < -0.39 is 4.92 Å². The van der Waals surface area contributed by atoms with Gasteiger partial charge < -0.3 is 4.90 Å². The molecule has 1 aliphatic heterocycles. The van der Waals surface area contributed by atoms with Crippen molar-refractivity contribution in [3.05, 3.63) is 33.9 Å². The van der Waals surface area contributed by atoms with Crippen molar-refractivity contribution in [2.75, 3.05) is 11.4 Å². The van der Waals surface area contributed by atoms with Crippen LogP contribution in [0.4, 0.5) is 11.4 Å². The summed E-state index contributed by atoms with van der Waals surface area (Å²) in [6, 6.07) is 4.80. The second-order valence-corrected chi connectivity index (χ2v) is 5.03. The van der Waals surface area contributed by atoms with E-state index in [1.165, 1.54) is 6.07 Å². The van der Waals surface area contributed by atoms with Crippen LogP contribution in [-0.2, 0) is 4.79 Å². The number of nitro benzene ring substituents is 1. The van der Waals surface area contributed by atoms with Crippen molar-refractivity contribution in [2.45, 2.75) is 18.2 Å². The fourth-order valence-electron chi connectivity index (χ4n) is 1.99. The van der Waals surface area contributed by atoms with E-state index in [-0.39, 0.29) is 16.4 Å². The Hall–Kier alpha value is -1.43. The van der Waals surface area contributed by atoms with E-state index in [4.69, 9.17) is 0 Å². The molecule has 1 heterocycles. The number of nitro groups is 1. The summed E-state index contributed by atoms with van der Waals surface area (Å²) in [5, 5.41) is 10.8. The Labute approximate surface area is 107 Å². The van der Waals surface area contributed by atoms with Crippen molar-refractivity contribution in [1.29, 1.82) is 0 Å². The number of carbonyl (C=O) groups excluding carboxylic acids is 1. The molecule has 5 nitrogen and oxygen atoms in total. The third-order valence-corrected chi connectivity index (χ3v) is 3.75. The first-order chi connectivity index (χ1) is 8.02. The van der Waals surface area contributed by atoms with Gasteiger partial charge in [-0.05, 0) is 19.4 Å². The van der Waals surface area contributed by atoms with Crippen LogP contribution in [0.15, 0.2) is 18.2 Å². The Kier molecular flexibility index (Phi) is 3.15. The summed E-state index contributed by atoms with van der Waals surface area (Å²) < 4.78 is 0. The van der Waals surface area contributed by atoms with Gasteiger partial charge >= 0.3 is 0 Å². The highest BCUT2D eigenvalue weighted by molar-refractivity contribution is 9.10. The number of halogens is 1. The molecule has 1 unspecified atom stereocenters. The highest BCUT2D eigenvalue weighted by atomic mass is 79.9. The standard InChI is InChI=1S/C11H11BrN2O3/c1-7-9(3-2-4-10(7)14(16)17)13-6-5-8(12)11(13)15/h2-4,8H,5-6H2,1H3. The lowest BCUT2D eigenvalue weighted by Crippen LogP contribution is -2.27. The maximum atomic E-state index is 11.8. The minimum absolute atomic E-state index is 0.0337. The van der Waals surface area contributed by atoms with Crippen LogP contribution in [0, 0.1) is 17.0 Å². The summed E-state index contributed by atoms with van der Waals surface area (Å²) in [5.41, 5.74) is 1.21. The van der Waals surface area contributed by atoms with Crippen LogP contribution in [0.25, 0.3) is 0 Å². The largest absolute Gasteiger partial charge is 0.311 e. The third kappa shape index (κ3) is 2.04. The molecule has 1 fully saturated rings. The Morgan fingerprint density at radius 2 is 2.24 bits per heavy atom. The molecule has 0 aliphatic carbocycles. The molecule has 1 amide bonds. The number of hydrogen-bond donors (Lipinski definition) is 0. The smallest absolute Gasteiger partial charge is 0.274 e. The molecular formula is C11H11BrN2O3. The fourth-order valence-corrected chi connectivity index (χ4v) is 2.44. The monoisotopic (exact) mass is 298 g/mol. The average molecular weight is 299 g/mol. The molecule has 0 N–H and O–H groups in total. The molecule has 0 saturated carbocycles. The number of benzene rings is 1. The van der Waals surface area contributed by atoms with E-state index in [2.05, 4.69) is 15.9 Å². The summed E-state index contributed by atoms with van der Waals surface area (Å²) >= 11 is 3.29. The van der Waals surface area contributed by atoms with Crippen molar-refractivity contribution in [1.82, 2.24) is 0 Å². The molecule has 6 heteroatoms. The molecule has 90 valence electrons. The molecule has 2 rings (SSSR count). The molecule has 0 bridgehead atoms. The van der Waals surface area contributed by atoms with Crippen molar-refractivity contribution >= 4 is 33.2 Å². The molecule has 1 atom stereocenters. The fraction of sp³-hybridized carbons (Fsp3) is 0.364. The van der Waals surface area contributed by atoms with Gasteiger partial charge in [0, 0.05) is 12.6 Å². The predicted octanol–water partition coefficient (Wildman–Crippen LogP) is 2.40. The topological polar surface area (TPSA) is 63.5 Å². The van der Waals surface area contributed by atoms with E-state index >= 15 is 0 Å². The Balaban J connectivity index is 2.43. The third-order valence-electron chi connectivity index (χ3n) is 2.90. The number of alkyl halides is 1. The van der Waals surface area contributed by atoms with Crippen LogP contribution < -0.4 is 4.90 Å². The lowest BCUT2D eigenvalue weighted by atomic mass is 10.1. The van der Waals surface area contributed by atoms with E-state index in [0.29, 0.717) is 17.8 Å². The van der Waals surface area contributed by atoms with Crippen molar-refractivity contribution in [2.24, 2.45) is 0 Å². The highest BCUT2D eigenvalue weighted by Crippen LogP contribution is 2.32. The van der Waals surface area contributed by atoms with Gasteiger partial charge in [-0.15, -0.1) is 0 Å². The van der Waals surface area contributed by atoms with Crippen LogP contribution >= 0.6 is 15.9 Å². The summed E-state index contributed by atoms with van der Waals surface area (Å²) in [6.45, 7) is 2.26. The Bertz CT molecular complexity index is 490. The van der Waals surface area contributed by atoms with Crippen LogP contribution in [0.3, 0.4) is 0 Å². The van der Waals surface area contributed by atoms with Gasteiger partial charge in [-0.2, -0.15) is 0 Å². The second kappa shape index (κ2) is 4.44. The second-order valence-electron chi connectivity index (χ2n) is 3.92. The lowest BCUT2D eigenvalue weighted by Gasteiger charge is -2.18.